The van der Waals surface area contributed by atoms with Crippen LogP contribution in [0.25, 0.3) is 0 Å². The van der Waals surface area contributed by atoms with Crippen LogP contribution < -0.4 is 4.74 Å². The summed E-state index contributed by atoms with van der Waals surface area (Å²) in [6.07, 6.45) is -0.701. The van der Waals surface area contributed by atoms with Crippen LogP contribution in [-0.4, -0.2) is 30.1 Å². The second-order valence-corrected chi connectivity index (χ2v) is 6.71. The molecule has 22 heavy (non-hydrogen) atoms. The fourth-order valence-electron chi connectivity index (χ4n) is 1.34. The third kappa shape index (κ3) is 6.39. The molecular formula is C14H19O7P. The molecule has 1 rings (SSSR count). The summed E-state index contributed by atoms with van der Waals surface area (Å²) >= 11 is 0. The second kappa shape index (κ2) is 8.08. The molecule has 0 saturated carbocycles. The molecule has 0 aliphatic carbocycles. The standard InChI is InChI=1S/C14H19O7P/c1-10(2)14(16)21-12-6-4-11(5-7-12)8-20-22(17,18)9-13(15)19-3/h4-7,10H,8-9H2,1-3H3,(H,17,18). The van der Waals surface area contributed by atoms with E-state index < -0.39 is 19.7 Å². The zero-order valence-corrected chi connectivity index (χ0v) is 13.5. The van der Waals surface area contributed by atoms with Crippen LogP contribution in [0, 0.1) is 5.92 Å². The second-order valence-electron chi connectivity index (χ2n) is 4.86. The molecule has 1 aromatic carbocycles. The van der Waals surface area contributed by atoms with E-state index >= 15 is 0 Å². The molecule has 0 saturated heterocycles. The Bertz CT molecular complexity index is 565. The molecule has 122 valence electrons. The number of carbonyl (C=O) groups is 2. The molecule has 0 aliphatic rings. The Labute approximate surface area is 128 Å². The van der Waals surface area contributed by atoms with Crippen LogP contribution in [0.2, 0.25) is 0 Å². The van der Waals surface area contributed by atoms with E-state index in [0.717, 1.165) is 7.11 Å². The smallest absolute Gasteiger partial charge is 0.339 e. The van der Waals surface area contributed by atoms with Crippen molar-refractivity contribution in [2.45, 2.75) is 20.5 Å². The van der Waals surface area contributed by atoms with Crippen LogP contribution in [0.15, 0.2) is 24.3 Å². The number of benzene rings is 1. The Hall–Kier alpha value is -1.69. The Morgan fingerprint density at radius 1 is 1.23 bits per heavy atom. The van der Waals surface area contributed by atoms with E-state index in [9.17, 15) is 19.0 Å². The molecule has 1 unspecified atom stereocenters. The molecule has 0 radical (unpaired) electrons. The van der Waals surface area contributed by atoms with Crippen molar-refractivity contribution in [1.82, 2.24) is 0 Å². The lowest BCUT2D eigenvalue weighted by Gasteiger charge is -2.11. The SMILES string of the molecule is COC(=O)CP(=O)(O)OCc1ccc(OC(=O)C(C)C)cc1. The molecule has 0 bridgehead atoms. The first-order chi connectivity index (χ1) is 10.2. The first kappa shape index (κ1) is 18.4. The summed E-state index contributed by atoms with van der Waals surface area (Å²) in [5.74, 6) is -1.02. The molecule has 1 atom stereocenters. The third-order valence-corrected chi connectivity index (χ3v) is 3.79. The van der Waals surface area contributed by atoms with E-state index in [4.69, 9.17) is 9.26 Å². The zero-order chi connectivity index (χ0) is 16.8. The molecule has 0 aliphatic heterocycles. The maximum atomic E-state index is 11.6. The van der Waals surface area contributed by atoms with E-state index in [0.29, 0.717) is 11.3 Å². The van der Waals surface area contributed by atoms with Gasteiger partial charge in [-0.25, -0.2) is 0 Å². The van der Waals surface area contributed by atoms with E-state index in [1.807, 2.05) is 0 Å². The summed E-state index contributed by atoms with van der Waals surface area (Å²) in [6.45, 7) is 3.30. The molecule has 7 nitrogen and oxygen atoms in total. The van der Waals surface area contributed by atoms with Gasteiger partial charge in [0.15, 0.2) is 0 Å². The normalized spacial score (nSPS) is 13.5. The van der Waals surface area contributed by atoms with Crippen molar-refractivity contribution in [3.8, 4) is 5.75 Å². The number of esters is 2. The number of hydrogen-bond donors (Lipinski definition) is 1. The van der Waals surface area contributed by atoms with Crippen molar-refractivity contribution in [1.29, 1.82) is 0 Å². The number of rotatable bonds is 7. The molecule has 1 N–H and O–H groups in total. The van der Waals surface area contributed by atoms with Gasteiger partial charge < -0.3 is 18.9 Å². The summed E-state index contributed by atoms with van der Waals surface area (Å²) in [4.78, 5) is 31.9. The lowest BCUT2D eigenvalue weighted by atomic mass is 10.2. The molecule has 0 aromatic heterocycles. The Balaban J connectivity index is 2.56. The predicted molar refractivity (Wildman–Crippen MR) is 78.4 cm³/mol. The van der Waals surface area contributed by atoms with Crippen molar-refractivity contribution < 1.29 is 33.0 Å². The first-order valence-electron chi connectivity index (χ1n) is 6.57. The summed E-state index contributed by atoms with van der Waals surface area (Å²) in [7, 11) is -2.91. The predicted octanol–water partition coefficient (Wildman–Crippen LogP) is 2.12. The molecule has 0 heterocycles. The maximum Gasteiger partial charge on any atom is 0.339 e. The van der Waals surface area contributed by atoms with Gasteiger partial charge in [-0.2, -0.15) is 0 Å². The fourth-order valence-corrected chi connectivity index (χ4v) is 2.23. The van der Waals surface area contributed by atoms with Crippen molar-refractivity contribution >= 4 is 19.5 Å². The van der Waals surface area contributed by atoms with Crippen molar-refractivity contribution in [3.05, 3.63) is 29.8 Å². The third-order valence-electron chi connectivity index (χ3n) is 2.60. The van der Waals surface area contributed by atoms with E-state index in [-0.39, 0.29) is 18.5 Å². The van der Waals surface area contributed by atoms with Gasteiger partial charge in [0.05, 0.1) is 19.6 Å². The minimum absolute atomic E-state index is 0.150. The van der Waals surface area contributed by atoms with Gasteiger partial charge >= 0.3 is 19.5 Å². The molecule has 0 spiro atoms. The maximum absolute atomic E-state index is 11.6. The van der Waals surface area contributed by atoms with Gasteiger partial charge in [-0.3, -0.25) is 14.2 Å². The monoisotopic (exact) mass is 330 g/mol. The van der Waals surface area contributed by atoms with Crippen molar-refractivity contribution in [2.24, 2.45) is 5.92 Å². The average Bonchev–Trinajstić information content (AvgIpc) is 2.46. The van der Waals surface area contributed by atoms with Gasteiger partial charge in [0.1, 0.15) is 11.9 Å². The highest BCUT2D eigenvalue weighted by Crippen LogP contribution is 2.42. The van der Waals surface area contributed by atoms with Gasteiger partial charge in [0.2, 0.25) is 0 Å². The van der Waals surface area contributed by atoms with Gasteiger partial charge in [-0.1, -0.05) is 26.0 Å². The van der Waals surface area contributed by atoms with Gasteiger partial charge in [-0.05, 0) is 17.7 Å². The van der Waals surface area contributed by atoms with Gasteiger partial charge in [0.25, 0.3) is 0 Å². The van der Waals surface area contributed by atoms with Crippen LogP contribution in [0.3, 0.4) is 0 Å². The zero-order valence-electron chi connectivity index (χ0n) is 12.6. The Morgan fingerprint density at radius 2 is 1.82 bits per heavy atom. The fraction of sp³-hybridized carbons (Fsp3) is 0.429. The summed E-state index contributed by atoms with van der Waals surface area (Å²) < 4.78 is 25.9. The van der Waals surface area contributed by atoms with Crippen LogP contribution in [0.4, 0.5) is 0 Å². The minimum Gasteiger partial charge on any atom is -0.469 e. The Morgan fingerprint density at radius 3 is 2.32 bits per heavy atom. The van der Waals surface area contributed by atoms with Crippen molar-refractivity contribution in [2.75, 3.05) is 13.3 Å². The number of methoxy groups -OCH3 is 1. The van der Waals surface area contributed by atoms with E-state index in [1.54, 1.807) is 38.1 Å². The largest absolute Gasteiger partial charge is 0.469 e. The molecule has 0 fully saturated rings. The quantitative estimate of drug-likeness (QED) is 0.464. The first-order valence-corrected chi connectivity index (χ1v) is 8.33. The van der Waals surface area contributed by atoms with Gasteiger partial charge in [-0.15, -0.1) is 0 Å². The number of ether oxygens (including phenoxy) is 2. The lowest BCUT2D eigenvalue weighted by Crippen LogP contribution is -2.14. The number of carbonyl (C=O) groups excluding carboxylic acids is 2. The van der Waals surface area contributed by atoms with Crippen molar-refractivity contribution in [3.63, 3.8) is 0 Å². The average molecular weight is 330 g/mol. The molecule has 8 heteroatoms. The molecule has 0 amide bonds. The van der Waals surface area contributed by atoms with Crippen LogP contribution in [-0.2, 0) is 30.0 Å². The molecular weight excluding hydrogens is 311 g/mol. The minimum atomic E-state index is -4.04. The van der Waals surface area contributed by atoms with E-state index in [2.05, 4.69) is 4.74 Å². The highest BCUT2D eigenvalue weighted by atomic mass is 31.2. The highest BCUT2D eigenvalue weighted by molar-refractivity contribution is 7.53. The van der Waals surface area contributed by atoms with E-state index in [1.165, 1.54) is 0 Å². The Kier molecular flexibility index (Phi) is 6.74. The summed E-state index contributed by atoms with van der Waals surface area (Å²) in [5, 5.41) is 0. The summed E-state index contributed by atoms with van der Waals surface area (Å²) in [5.41, 5.74) is 0.600. The highest BCUT2D eigenvalue weighted by Gasteiger charge is 2.24. The van der Waals surface area contributed by atoms with Gasteiger partial charge in [0, 0.05) is 0 Å². The summed E-state index contributed by atoms with van der Waals surface area (Å²) in [6, 6.07) is 6.31. The lowest BCUT2D eigenvalue weighted by molar-refractivity contribution is -0.138. The van der Waals surface area contributed by atoms with Crippen LogP contribution >= 0.6 is 7.60 Å². The number of hydrogen-bond acceptors (Lipinski definition) is 6. The topological polar surface area (TPSA) is 99.1 Å². The molecule has 1 aromatic rings. The van der Waals surface area contributed by atoms with Crippen LogP contribution in [0.1, 0.15) is 19.4 Å². The van der Waals surface area contributed by atoms with Crippen LogP contribution in [0.5, 0.6) is 5.75 Å².